The molecule has 3 aromatic rings. The van der Waals surface area contributed by atoms with Crippen molar-refractivity contribution in [3.05, 3.63) is 41.3 Å². The van der Waals surface area contributed by atoms with Gasteiger partial charge in [-0.2, -0.15) is 5.10 Å². The van der Waals surface area contributed by atoms with Crippen LogP contribution in [0.25, 0.3) is 11.4 Å². The molecule has 1 aliphatic carbocycles. The third-order valence-electron chi connectivity index (χ3n) is 6.28. The maximum Gasteiger partial charge on any atom is 0.322 e. The summed E-state index contributed by atoms with van der Waals surface area (Å²) in [5.74, 6) is 2.01. The van der Waals surface area contributed by atoms with Crippen molar-refractivity contribution in [1.82, 2.24) is 29.9 Å². The van der Waals surface area contributed by atoms with Crippen LogP contribution < -0.4 is 5.32 Å². The Morgan fingerprint density at radius 1 is 1.29 bits per heavy atom. The monoisotopic (exact) mass is 441 g/mol. The SMILES string of the molecule is Cc1nnc(C23CC(C)CCC(C2)N3C(=O)Nc2ccc(Cl)c(-c3ncn(C)n3)c2)o1. The third kappa shape index (κ3) is 3.37. The van der Waals surface area contributed by atoms with Gasteiger partial charge in [0.05, 0.1) is 5.02 Å². The summed E-state index contributed by atoms with van der Waals surface area (Å²) in [7, 11) is 1.79. The topological polar surface area (TPSA) is 102 Å². The molecule has 0 radical (unpaired) electrons. The van der Waals surface area contributed by atoms with E-state index in [1.807, 2.05) is 4.90 Å². The second-order valence-corrected chi connectivity index (χ2v) is 9.05. The number of carbonyl (C=O) groups excluding carboxylic acids is 1. The number of aryl methyl sites for hydroxylation is 2. The molecule has 3 atom stereocenters. The van der Waals surface area contributed by atoms with Crippen LogP contribution in [-0.2, 0) is 12.6 Å². The molecule has 1 aromatic carbocycles. The number of nitrogens with one attached hydrogen (secondary N) is 1. The molecule has 1 saturated heterocycles. The van der Waals surface area contributed by atoms with Gasteiger partial charge in [0.2, 0.25) is 11.8 Å². The Kier molecular flexibility index (Phi) is 4.73. The fourth-order valence-electron chi connectivity index (χ4n) is 4.93. The Hall–Kier alpha value is -2.94. The van der Waals surface area contributed by atoms with Gasteiger partial charge in [0, 0.05) is 37.7 Å². The number of hydrogen-bond donors (Lipinski definition) is 1. The number of urea groups is 1. The number of anilines is 1. The highest BCUT2D eigenvalue weighted by Gasteiger charge is 2.60. The Bertz CT molecular complexity index is 1140. The van der Waals surface area contributed by atoms with Gasteiger partial charge in [-0.15, -0.1) is 10.2 Å². The van der Waals surface area contributed by atoms with E-state index in [-0.39, 0.29) is 12.1 Å². The molecule has 2 aliphatic rings. The molecule has 1 N–H and O–H groups in total. The lowest BCUT2D eigenvalue weighted by molar-refractivity contribution is -0.0517. The van der Waals surface area contributed by atoms with Crippen molar-refractivity contribution in [1.29, 1.82) is 0 Å². The van der Waals surface area contributed by atoms with Crippen LogP contribution in [-0.4, -0.2) is 41.9 Å². The predicted molar refractivity (Wildman–Crippen MR) is 114 cm³/mol. The van der Waals surface area contributed by atoms with Crippen LogP contribution in [0.2, 0.25) is 5.02 Å². The first-order valence-electron chi connectivity index (χ1n) is 10.4. The van der Waals surface area contributed by atoms with Gasteiger partial charge in [-0.25, -0.2) is 9.78 Å². The standard InChI is InChI=1S/C21H24ClN7O2/c1-12-4-6-15-10-21(9-12,19-26-25-13(2)31-19)29(15)20(30)24-14-5-7-17(22)16(8-14)18-23-11-28(3)27-18/h5,7-8,11-12,15H,4,6,9-10H2,1-3H3,(H,24,30). The molecule has 9 nitrogen and oxygen atoms in total. The lowest BCUT2D eigenvalue weighted by Crippen LogP contribution is -2.66. The molecular weight excluding hydrogens is 418 g/mol. The van der Waals surface area contributed by atoms with Gasteiger partial charge in [0.1, 0.15) is 11.9 Å². The largest absolute Gasteiger partial charge is 0.423 e. The van der Waals surface area contributed by atoms with Gasteiger partial charge in [-0.1, -0.05) is 18.5 Å². The third-order valence-corrected chi connectivity index (χ3v) is 6.61. The van der Waals surface area contributed by atoms with Crippen molar-refractivity contribution in [3.8, 4) is 11.4 Å². The number of halogens is 1. The number of hydrogen-bond acceptors (Lipinski definition) is 6. The van der Waals surface area contributed by atoms with Crippen LogP contribution in [0.3, 0.4) is 0 Å². The average molecular weight is 442 g/mol. The summed E-state index contributed by atoms with van der Waals surface area (Å²) >= 11 is 6.36. The minimum absolute atomic E-state index is 0.154. The normalized spacial score (nSPS) is 25.1. The van der Waals surface area contributed by atoms with Gasteiger partial charge in [-0.3, -0.25) is 4.68 Å². The lowest BCUT2D eigenvalue weighted by Gasteiger charge is -2.55. The number of rotatable bonds is 3. The van der Waals surface area contributed by atoms with Gasteiger partial charge < -0.3 is 14.6 Å². The highest BCUT2D eigenvalue weighted by Crippen LogP contribution is 2.53. The lowest BCUT2D eigenvalue weighted by atomic mass is 9.75. The van der Waals surface area contributed by atoms with E-state index in [0.29, 0.717) is 39.8 Å². The molecule has 2 aromatic heterocycles. The maximum atomic E-state index is 13.4. The smallest absolute Gasteiger partial charge is 0.322 e. The van der Waals surface area contributed by atoms with E-state index in [0.717, 1.165) is 25.7 Å². The molecule has 3 unspecified atom stereocenters. The summed E-state index contributed by atoms with van der Waals surface area (Å²) in [6.07, 6.45) is 5.30. The molecule has 2 amide bonds. The Morgan fingerprint density at radius 3 is 2.84 bits per heavy atom. The van der Waals surface area contributed by atoms with E-state index in [1.54, 1.807) is 43.2 Å². The fourth-order valence-corrected chi connectivity index (χ4v) is 5.13. The zero-order valence-corrected chi connectivity index (χ0v) is 18.4. The summed E-state index contributed by atoms with van der Waals surface area (Å²) in [6.45, 7) is 3.99. The minimum atomic E-state index is -0.552. The number of nitrogens with zero attached hydrogens (tertiary/aromatic N) is 6. The highest BCUT2D eigenvalue weighted by atomic mass is 35.5. The first-order chi connectivity index (χ1) is 14.9. The van der Waals surface area contributed by atoms with Crippen LogP contribution in [0.1, 0.15) is 44.4 Å². The molecule has 10 heteroatoms. The molecule has 2 fully saturated rings. The zero-order chi connectivity index (χ0) is 21.8. The van der Waals surface area contributed by atoms with E-state index < -0.39 is 5.54 Å². The quantitative estimate of drug-likeness (QED) is 0.655. The Labute approximate surface area is 184 Å². The molecule has 5 rings (SSSR count). The van der Waals surface area contributed by atoms with Crippen LogP contribution in [0.5, 0.6) is 0 Å². The summed E-state index contributed by atoms with van der Waals surface area (Å²) in [5, 5.41) is 16.2. The molecule has 0 spiro atoms. The number of aromatic nitrogens is 5. The van der Waals surface area contributed by atoms with Crippen LogP contribution in [0, 0.1) is 12.8 Å². The summed E-state index contributed by atoms with van der Waals surface area (Å²) in [6, 6.07) is 5.29. The van der Waals surface area contributed by atoms with Crippen LogP contribution in [0.4, 0.5) is 10.5 Å². The zero-order valence-electron chi connectivity index (χ0n) is 17.7. The molecule has 31 heavy (non-hydrogen) atoms. The van der Waals surface area contributed by atoms with Gasteiger partial charge in [0.15, 0.2) is 5.82 Å². The summed E-state index contributed by atoms with van der Waals surface area (Å²) < 4.78 is 7.42. The van der Waals surface area contributed by atoms with E-state index in [1.165, 1.54) is 0 Å². The Morgan fingerprint density at radius 2 is 2.13 bits per heavy atom. The van der Waals surface area contributed by atoms with E-state index in [2.05, 4.69) is 32.5 Å². The minimum Gasteiger partial charge on any atom is -0.423 e. The molecular formula is C21H24ClN7O2. The number of likely N-dealkylation sites (tertiary alicyclic amines) is 1. The average Bonchev–Trinajstić information content (AvgIpc) is 3.25. The van der Waals surface area contributed by atoms with Crippen molar-refractivity contribution in [2.24, 2.45) is 13.0 Å². The number of benzene rings is 1. The van der Waals surface area contributed by atoms with Crippen molar-refractivity contribution in [2.75, 3.05) is 5.32 Å². The first-order valence-corrected chi connectivity index (χ1v) is 10.8. The van der Waals surface area contributed by atoms with Gasteiger partial charge in [0.25, 0.3) is 0 Å². The number of carbonyl (C=O) groups is 1. The van der Waals surface area contributed by atoms with Crippen molar-refractivity contribution in [3.63, 3.8) is 0 Å². The first kappa shape index (κ1) is 20.0. The van der Waals surface area contributed by atoms with Crippen molar-refractivity contribution < 1.29 is 9.21 Å². The second-order valence-electron chi connectivity index (χ2n) is 8.64. The molecule has 162 valence electrons. The summed E-state index contributed by atoms with van der Waals surface area (Å²) in [4.78, 5) is 19.6. The maximum absolute atomic E-state index is 13.4. The second kappa shape index (κ2) is 7.33. The van der Waals surface area contributed by atoms with Crippen LogP contribution in [0.15, 0.2) is 28.9 Å². The van der Waals surface area contributed by atoms with Crippen molar-refractivity contribution in [2.45, 2.75) is 51.1 Å². The van der Waals surface area contributed by atoms with E-state index >= 15 is 0 Å². The van der Waals surface area contributed by atoms with Gasteiger partial charge in [-0.05, 0) is 43.4 Å². The molecule has 3 heterocycles. The molecule has 2 bridgehead atoms. The van der Waals surface area contributed by atoms with E-state index in [4.69, 9.17) is 16.0 Å². The Balaban J connectivity index is 1.44. The molecule has 1 saturated carbocycles. The summed E-state index contributed by atoms with van der Waals surface area (Å²) in [5.41, 5.74) is 0.742. The highest BCUT2D eigenvalue weighted by molar-refractivity contribution is 6.33. The molecule has 1 aliphatic heterocycles. The number of amides is 2. The van der Waals surface area contributed by atoms with E-state index in [9.17, 15) is 4.79 Å². The van der Waals surface area contributed by atoms with Crippen molar-refractivity contribution >= 4 is 23.3 Å². The fraction of sp³-hybridized carbons (Fsp3) is 0.476. The van der Waals surface area contributed by atoms with Gasteiger partial charge >= 0.3 is 6.03 Å². The number of fused-ring (bicyclic) bond motifs is 2. The predicted octanol–water partition coefficient (Wildman–Crippen LogP) is 4.15. The van der Waals surface area contributed by atoms with Crippen LogP contribution >= 0.6 is 11.6 Å².